The Kier molecular flexibility index (Phi) is 76.8. The van der Waals surface area contributed by atoms with Crippen molar-refractivity contribution in [1.29, 1.82) is 0 Å². The van der Waals surface area contributed by atoms with Crippen molar-refractivity contribution in [2.24, 2.45) is 0 Å². The molecule has 0 aromatic rings. The molecule has 76 heavy (non-hydrogen) atoms. The van der Waals surface area contributed by atoms with Crippen molar-refractivity contribution < 1.29 is 47.1 Å². The Morgan fingerprint density at radius 1 is 0.224 bits per heavy atom. The quantitative estimate of drug-likeness (QED) is 0.0546. The molecule has 453 valence electrons. The maximum absolute atomic E-state index is 10.4. The molecule has 0 bridgehead atoms. The predicted octanol–water partition coefficient (Wildman–Crippen LogP) is 16.0. The van der Waals surface area contributed by atoms with Crippen molar-refractivity contribution in [2.75, 3.05) is 60.4 Å². The normalized spacial score (nSPS) is 11.2. The first-order chi connectivity index (χ1) is 36.5. The molecule has 0 unspecified atom stereocenters. The molecular formula is C66H132CrN3O6. The molecule has 0 spiro atoms. The smallest absolute Gasteiger partial charge is 0.550 e. The molecule has 0 heterocycles. The molecule has 0 fully saturated rings. The van der Waals surface area contributed by atoms with E-state index < -0.39 is 17.9 Å². The molecule has 0 aliphatic carbocycles. The second-order valence-corrected chi connectivity index (χ2v) is 23.2. The molecule has 0 atom stereocenters. The van der Waals surface area contributed by atoms with Crippen LogP contribution in [0.3, 0.4) is 0 Å². The summed E-state index contributed by atoms with van der Waals surface area (Å²) in [6.07, 6.45) is 67.0. The van der Waals surface area contributed by atoms with Crippen molar-refractivity contribution in [3.8, 4) is 0 Å². The van der Waals surface area contributed by atoms with Gasteiger partial charge in [0.05, 0.1) is 0 Å². The van der Waals surface area contributed by atoms with Gasteiger partial charge in [-0.1, -0.05) is 310 Å². The fourth-order valence-corrected chi connectivity index (χ4v) is 9.97. The molecule has 10 heteroatoms. The monoisotopic (exact) mass is 1110 g/mol. The predicted molar refractivity (Wildman–Crippen MR) is 320 cm³/mol. The zero-order valence-corrected chi connectivity index (χ0v) is 53.3. The number of carbonyl (C=O) groups excluding carboxylic acids is 3. The fraction of sp³-hybridized carbons (Fsp3) is 0.955. The van der Waals surface area contributed by atoms with Crippen LogP contribution in [-0.2, 0) is 31.7 Å². The van der Waals surface area contributed by atoms with Gasteiger partial charge in [0.25, 0.3) is 0 Å². The average molecular weight is 1120 g/mol. The van der Waals surface area contributed by atoms with Gasteiger partial charge in [0.1, 0.15) is 0 Å². The van der Waals surface area contributed by atoms with Crippen molar-refractivity contribution in [3.05, 3.63) is 0 Å². The van der Waals surface area contributed by atoms with Gasteiger partial charge >= 0.3 is 17.4 Å². The van der Waals surface area contributed by atoms with Crippen LogP contribution in [0, 0.1) is 0 Å². The van der Waals surface area contributed by atoms with E-state index in [1.165, 1.54) is 308 Å². The third-order valence-electron chi connectivity index (χ3n) is 15.3. The fourth-order valence-electron chi connectivity index (χ4n) is 9.97. The number of hydrogen-bond acceptors (Lipinski definition) is 9. The van der Waals surface area contributed by atoms with Crippen LogP contribution in [-0.4, -0.2) is 93.0 Å². The Labute approximate surface area is 485 Å². The molecule has 0 saturated carbocycles. The Hall–Kier alpha value is -1.18. The van der Waals surface area contributed by atoms with Gasteiger partial charge in [0.15, 0.2) is 0 Å². The first-order valence-electron chi connectivity index (χ1n) is 33.1. The summed E-state index contributed by atoms with van der Waals surface area (Å²) in [6, 6.07) is 0. The van der Waals surface area contributed by atoms with Crippen molar-refractivity contribution >= 4 is 17.9 Å². The molecule has 0 amide bonds. The van der Waals surface area contributed by atoms with E-state index >= 15 is 0 Å². The molecule has 0 aromatic carbocycles. The number of carboxylic acids is 3. The minimum atomic E-state index is -0.946. The maximum atomic E-state index is 10.4. The Morgan fingerprint density at radius 3 is 0.461 bits per heavy atom. The Morgan fingerprint density at radius 2 is 0.342 bits per heavy atom. The number of unbranched alkanes of at least 4 members (excludes halogenated alkanes) is 45. The van der Waals surface area contributed by atoms with Crippen LogP contribution in [0.15, 0.2) is 0 Å². The number of carbonyl (C=O) groups is 3. The largest absolute Gasteiger partial charge is 3.00 e. The molecule has 0 aromatic heterocycles. The van der Waals surface area contributed by atoms with Crippen LogP contribution >= 0.6 is 0 Å². The van der Waals surface area contributed by atoms with E-state index in [0.29, 0.717) is 19.6 Å². The second-order valence-electron chi connectivity index (χ2n) is 23.2. The summed E-state index contributed by atoms with van der Waals surface area (Å²) in [5, 5.41) is 31.2. The van der Waals surface area contributed by atoms with E-state index in [1.807, 2.05) is 21.1 Å². The van der Waals surface area contributed by atoms with Crippen LogP contribution in [0.5, 0.6) is 0 Å². The number of carboxylic acid groups (broad SMARTS) is 3. The second kappa shape index (κ2) is 71.8. The Bertz CT molecular complexity index is 984. The van der Waals surface area contributed by atoms with Gasteiger partial charge in [-0.2, -0.15) is 0 Å². The molecule has 9 nitrogen and oxygen atoms in total. The summed E-state index contributed by atoms with van der Waals surface area (Å²) in [4.78, 5) is 37.5. The molecule has 0 aliphatic rings. The zero-order valence-electron chi connectivity index (χ0n) is 52.0. The Balaban J connectivity index is -0.000000508. The van der Waals surface area contributed by atoms with Crippen molar-refractivity contribution in [1.82, 2.24) is 14.7 Å². The minimum Gasteiger partial charge on any atom is -0.550 e. The van der Waals surface area contributed by atoms with Gasteiger partial charge in [-0.3, -0.25) is 0 Å². The van der Waals surface area contributed by atoms with E-state index in [-0.39, 0.29) is 36.6 Å². The molecule has 1 radical (unpaired) electrons. The number of aliphatic carboxylic acids is 3. The average Bonchev–Trinajstić information content (AvgIpc) is 3.39. The summed E-state index contributed by atoms with van der Waals surface area (Å²) < 4.78 is 0. The van der Waals surface area contributed by atoms with Crippen LogP contribution < -0.4 is 15.3 Å². The third kappa shape index (κ3) is 81.7. The van der Waals surface area contributed by atoms with Crippen molar-refractivity contribution in [2.45, 2.75) is 348 Å². The van der Waals surface area contributed by atoms with Crippen LogP contribution in [0.2, 0.25) is 0 Å². The van der Waals surface area contributed by atoms with Gasteiger partial charge in [0, 0.05) is 37.5 Å². The van der Waals surface area contributed by atoms with E-state index in [4.69, 9.17) is 0 Å². The van der Waals surface area contributed by atoms with Gasteiger partial charge in [-0.15, -0.1) is 0 Å². The first kappa shape index (κ1) is 81.3. The van der Waals surface area contributed by atoms with Crippen LogP contribution in [0.4, 0.5) is 0 Å². The number of hydrogen-bond donors (Lipinski definition) is 0. The van der Waals surface area contributed by atoms with E-state index in [1.54, 1.807) is 0 Å². The van der Waals surface area contributed by atoms with Gasteiger partial charge < -0.3 is 44.4 Å². The number of rotatable bonds is 60. The number of nitrogens with zero attached hydrogens (tertiary/aromatic N) is 3. The van der Waals surface area contributed by atoms with E-state index in [0.717, 1.165) is 19.6 Å². The SMILES string of the molecule is CCCCCCCCCCCCCCCCCCN(C)CCC(=O)[O-].CCCCCCCCCCCCCCCCCCN(C)CCC(=O)[O-].CCCCCCCCCCCCCCCCCCN(C)CCC(=O)[O-].[Cr+3]. The van der Waals surface area contributed by atoms with E-state index in [2.05, 4.69) is 35.5 Å². The molecular weight excluding hydrogens is 983 g/mol. The molecule has 0 rings (SSSR count). The minimum absolute atomic E-state index is 0. The maximum Gasteiger partial charge on any atom is 3.00 e. The summed E-state index contributed by atoms with van der Waals surface area (Å²) in [5.41, 5.74) is 0. The third-order valence-corrected chi connectivity index (χ3v) is 15.3. The zero-order chi connectivity index (χ0) is 55.8. The van der Waals surface area contributed by atoms with Crippen LogP contribution in [0.25, 0.3) is 0 Å². The molecule has 0 aliphatic heterocycles. The van der Waals surface area contributed by atoms with Gasteiger partial charge in [-0.25, -0.2) is 0 Å². The van der Waals surface area contributed by atoms with Crippen molar-refractivity contribution in [3.63, 3.8) is 0 Å². The van der Waals surface area contributed by atoms with Gasteiger partial charge in [0.2, 0.25) is 0 Å². The summed E-state index contributed by atoms with van der Waals surface area (Å²) in [6.45, 7) is 11.7. The first-order valence-corrected chi connectivity index (χ1v) is 33.1. The molecule has 0 saturated heterocycles. The summed E-state index contributed by atoms with van der Waals surface area (Å²) in [7, 11) is 5.98. The summed E-state index contributed by atoms with van der Waals surface area (Å²) >= 11 is 0. The molecule has 0 N–H and O–H groups in total. The van der Waals surface area contributed by atoms with Gasteiger partial charge in [-0.05, 0) is 79.3 Å². The standard InChI is InChI=1S/3C22H45NO2.Cr/c3*1-3-4-5-6-7-8-9-10-11-12-13-14-15-16-17-18-20-23(2)21-19-22(24)25;/h3*3-21H2,1-2H3,(H,24,25);/q;;;+3/p-3. The van der Waals surface area contributed by atoms with E-state index in [9.17, 15) is 29.7 Å². The summed E-state index contributed by atoms with van der Waals surface area (Å²) in [5.74, 6) is -2.84. The topological polar surface area (TPSA) is 130 Å². The van der Waals surface area contributed by atoms with Crippen LogP contribution in [0.1, 0.15) is 348 Å².